The van der Waals surface area contributed by atoms with E-state index in [1.807, 2.05) is 24.3 Å². The molecule has 0 spiro atoms. The van der Waals surface area contributed by atoms with Gasteiger partial charge < -0.3 is 14.9 Å². The summed E-state index contributed by atoms with van der Waals surface area (Å²) in [7, 11) is 0. The SMILES string of the molecule is O=C1CCC(N2Cc3cc(N4CCC(Cc5ccc(CO)cc5)CC4)ccc3C2=O)C(=O)N1. The summed E-state index contributed by atoms with van der Waals surface area (Å²) in [6, 6.07) is 13.6. The molecule has 7 nitrogen and oxygen atoms in total. The van der Waals surface area contributed by atoms with Crippen molar-refractivity contribution < 1.29 is 19.5 Å². The van der Waals surface area contributed by atoms with Gasteiger partial charge in [-0.3, -0.25) is 19.7 Å². The van der Waals surface area contributed by atoms with Gasteiger partial charge >= 0.3 is 0 Å². The average Bonchev–Trinajstić information content (AvgIpc) is 3.15. The summed E-state index contributed by atoms with van der Waals surface area (Å²) in [4.78, 5) is 40.6. The smallest absolute Gasteiger partial charge is 0.255 e. The first-order valence-corrected chi connectivity index (χ1v) is 11.7. The summed E-state index contributed by atoms with van der Waals surface area (Å²) >= 11 is 0. The van der Waals surface area contributed by atoms with Gasteiger partial charge in [0.15, 0.2) is 0 Å². The van der Waals surface area contributed by atoms with Crippen LogP contribution in [0.25, 0.3) is 0 Å². The fraction of sp³-hybridized carbons (Fsp3) is 0.423. The maximum atomic E-state index is 12.9. The Morgan fingerprint density at radius 1 is 0.939 bits per heavy atom. The summed E-state index contributed by atoms with van der Waals surface area (Å²) in [6.07, 6.45) is 3.93. The van der Waals surface area contributed by atoms with Gasteiger partial charge in [0.1, 0.15) is 6.04 Å². The lowest BCUT2D eigenvalue weighted by molar-refractivity contribution is -0.136. The van der Waals surface area contributed by atoms with E-state index in [9.17, 15) is 19.5 Å². The predicted molar refractivity (Wildman–Crippen MR) is 123 cm³/mol. The van der Waals surface area contributed by atoms with Gasteiger partial charge in [-0.25, -0.2) is 0 Å². The lowest BCUT2D eigenvalue weighted by Gasteiger charge is -2.34. The zero-order valence-electron chi connectivity index (χ0n) is 18.6. The van der Waals surface area contributed by atoms with Crippen molar-refractivity contribution in [2.24, 2.45) is 5.92 Å². The number of hydrogen-bond donors (Lipinski definition) is 2. The Kier molecular flexibility index (Phi) is 5.89. The van der Waals surface area contributed by atoms with E-state index < -0.39 is 6.04 Å². The number of carbonyl (C=O) groups excluding carboxylic acids is 3. The molecular formula is C26H29N3O4. The maximum Gasteiger partial charge on any atom is 0.255 e. The Labute approximate surface area is 193 Å². The largest absolute Gasteiger partial charge is 0.392 e. The second-order valence-electron chi connectivity index (χ2n) is 9.35. The number of imide groups is 1. The van der Waals surface area contributed by atoms with Crippen molar-refractivity contribution in [2.45, 2.75) is 51.3 Å². The molecule has 3 amide bonds. The first-order chi connectivity index (χ1) is 16.0. The minimum Gasteiger partial charge on any atom is -0.392 e. The highest BCUT2D eigenvalue weighted by Gasteiger charge is 2.39. The number of anilines is 1. The zero-order chi connectivity index (χ0) is 22.9. The molecule has 3 heterocycles. The molecule has 3 aliphatic rings. The third-order valence-corrected chi connectivity index (χ3v) is 7.22. The average molecular weight is 448 g/mol. The second-order valence-corrected chi connectivity index (χ2v) is 9.35. The molecule has 7 heteroatoms. The van der Waals surface area contributed by atoms with E-state index in [2.05, 4.69) is 28.4 Å². The number of nitrogens with one attached hydrogen (secondary N) is 1. The Morgan fingerprint density at radius 2 is 1.67 bits per heavy atom. The molecule has 0 aromatic heterocycles. The number of rotatable bonds is 5. The molecule has 1 atom stereocenters. The third-order valence-electron chi connectivity index (χ3n) is 7.22. The van der Waals surface area contributed by atoms with Gasteiger partial charge in [-0.2, -0.15) is 0 Å². The molecule has 33 heavy (non-hydrogen) atoms. The molecule has 172 valence electrons. The maximum absolute atomic E-state index is 12.9. The van der Waals surface area contributed by atoms with Crippen LogP contribution in [0.3, 0.4) is 0 Å². The lowest BCUT2D eigenvalue weighted by Crippen LogP contribution is -2.52. The molecule has 1 unspecified atom stereocenters. The van der Waals surface area contributed by atoms with E-state index >= 15 is 0 Å². The fourth-order valence-corrected chi connectivity index (χ4v) is 5.27. The molecule has 0 saturated carbocycles. The Hall–Kier alpha value is -3.19. The molecule has 2 saturated heterocycles. The van der Waals surface area contributed by atoms with Crippen LogP contribution in [0.4, 0.5) is 5.69 Å². The molecule has 2 aromatic rings. The van der Waals surface area contributed by atoms with Crippen LogP contribution in [0.2, 0.25) is 0 Å². The van der Waals surface area contributed by atoms with Crippen molar-refractivity contribution >= 4 is 23.4 Å². The topological polar surface area (TPSA) is 90.0 Å². The highest BCUT2D eigenvalue weighted by molar-refractivity contribution is 6.05. The van der Waals surface area contributed by atoms with E-state index in [1.165, 1.54) is 5.56 Å². The van der Waals surface area contributed by atoms with E-state index in [-0.39, 0.29) is 30.7 Å². The molecule has 5 rings (SSSR count). The van der Waals surface area contributed by atoms with Gasteiger partial charge in [0.25, 0.3) is 5.91 Å². The number of aliphatic hydroxyl groups excluding tert-OH is 1. The van der Waals surface area contributed by atoms with E-state index in [0.717, 1.165) is 49.2 Å². The minimum atomic E-state index is -0.576. The zero-order valence-corrected chi connectivity index (χ0v) is 18.6. The van der Waals surface area contributed by atoms with Crippen molar-refractivity contribution in [1.29, 1.82) is 0 Å². The number of carbonyl (C=O) groups is 3. The first-order valence-electron chi connectivity index (χ1n) is 11.7. The van der Waals surface area contributed by atoms with E-state index in [1.54, 1.807) is 4.90 Å². The summed E-state index contributed by atoms with van der Waals surface area (Å²) in [5.74, 6) is -0.133. The number of fused-ring (bicyclic) bond motifs is 1. The number of aliphatic hydroxyl groups is 1. The van der Waals surface area contributed by atoms with Crippen LogP contribution >= 0.6 is 0 Å². The molecule has 0 aliphatic carbocycles. The van der Waals surface area contributed by atoms with Crippen LogP contribution in [0.5, 0.6) is 0 Å². The van der Waals surface area contributed by atoms with Crippen LogP contribution in [0, 0.1) is 5.92 Å². The van der Waals surface area contributed by atoms with Crippen LogP contribution in [0.1, 0.15) is 52.7 Å². The first kappa shape index (κ1) is 21.6. The second kappa shape index (κ2) is 8.98. The van der Waals surface area contributed by atoms with Gasteiger partial charge in [-0.15, -0.1) is 0 Å². The highest BCUT2D eigenvalue weighted by atomic mass is 16.3. The standard InChI is InChI=1S/C26H29N3O4/c30-16-19-3-1-17(2-4-19)13-18-9-11-28(12-10-18)21-5-6-22-20(14-21)15-29(26(22)33)23-7-8-24(31)27-25(23)32/h1-6,14,18,23,30H,7-13,15-16H2,(H,27,31,32). The number of nitrogens with zero attached hydrogens (tertiary/aromatic N) is 2. The molecular weight excluding hydrogens is 418 g/mol. The van der Waals surface area contributed by atoms with Crippen LogP contribution in [-0.4, -0.2) is 46.9 Å². The molecule has 0 bridgehead atoms. The quantitative estimate of drug-likeness (QED) is 0.687. The van der Waals surface area contributed by atoms with Gasteiger partial charge in [-0.05, 0) is 66.5 Å². The Morgan fingerprint density at radius 3 is 2.36 bits per heavy atom. The summed E-state index contributed by atoms with van der Waals surface area (Å²) in [5, 5.41) is 11.6. The summed E-state index contributed by atoms with van der Waals surface area (Å²) in [5.41, 5.74) is 4.99. The Balaban J connectivity index is 1.21. The van der Waals surface area contributed by atoms with Crippen LogP contribution < -0.4 is 10.2 Å². The van der Waals surface area contributed by atoms with E-state index in [4.69, 9.17) is 0 Å². The fourth-order valence-electron chi connectivity index (χ4n) is 5.27. The number of benzene rings is 2. The number of amides is 3. The van der Waals surface area contributed by atoms with Crippen LogP contribution in [0.15, 0.2) is 42.5 Å². The van der Waals surface area contributed by atoms with Crippen molar-refractivity contribution in [3.63, 3.8) is 0 Å². The third kappa shape index (κ3) is 4.37. The predicted octanol–water partition coefficient (Wildman–Crippen LogP) is 2.40. The van der Waals surface area contributed by atoms with Gasteiger partial charge in [0, 0.05) is 37.3 Å². The van der Waals surface area contributed by atoms with Gasteiger partial charge in [0.2, 0.25) is 11.8 Å². The molecule has 2 aromatic carbocycles. The Bertz CT molecular complexity index is 1070. The van der Waals surface area contributed by atoms with Crippen LogP contribution in [-0.2, 0) is 29.2 Å². The van der Waals surface area contributed by atoms with Crippen molar-refractivity contribution in [1.82, 2.24) is 10.2 Å². The summed E-state index contributed by atoms with van der Waals surface area (Å²) < 4.78 is 0. The highest BCUT2D eigenvalue weighted by Crippen LogP contribution is 2.32. The molecule has 3 aliphatic heterocycles. The number of piperidine rings is 2. The monoisotopic (exact) mass is 447 g/mol. The van der Waals surface area contributed by atoms with Crippen molar-refractivity contribution in [3.05, 3.63) is 64.7 Å². The number of hydrogen-bond acceptors (Lipinski definition) is 5. The lowest BCUT2D eigenvalue weighted by atomic mass is 9.89. The van der Waals surface area contributed by atoms with Crippen molar-refractivity contribution in [3.8, 4) is 0 Å². The van der Waals surface area contributed by atoms with Crippen molar-refractivity contribution in [2.75, 3.05) is 18.0 Å². The van der Waals surface area contributed by atoms with E-state index in [0.29, 0.717) is 24.4 Å². The van der Waals surface area contributed by atoms with Gasteiger partial charge in [-0.1, -0.05) is 24.3 Å². The van der Waals surface area contributed by atoms with Gasteiger partial charge in [0.05, 0.1) is 6.61 Å². The molecule has 2 N–H and O–H groups in total. The molecule has 0 radical (unpaired) electrons. The normalized spacial score (nSPS) is 21.4. The summed E-state index contributed by atoms with van der Waals surface area (Å²) in [6.45, 7) is 2.44. The molecule has 2 fully saturated rings. The minimum absolute atomic E-state index is 0.0797.